The van der Waals surface area contributed by atoms with Crippen LogP contribution in [-0.4, -0.2) is 17.2 Å². The number of hydrogen-bond donors (Lipinski definition) is 2. The van der Waals surface area contributed by atoms with Gasteiger partial charge in [-0.05, 0) is 115 Å². The molecule has 0 radical (unpaired) electrons. The van der Waals surface area contributed by atoms with Gasteiger partial charge in [-0.25, -0.2) is 4.39 Å². The van der Waals surface area contributed by atoms with E-state index in [0.717, 1.165) is 48.1 Å². The number of rotatable bonds is 9. The van der Waals surface area contributed by atoms with Gasteiger partial charge in [-0.15, -0.1) is 0 Å². The maximum Gasteiger partial charge on any atom is 0.159 e. The van der Waals surface area contributed by atoms with E-state index in [-0.39, 0.29) is 5.56 Å². The molecular formula is C39H44FN3O2. The number of allylic oxidation sites excluding steroid dienone is 3. The zero-order valence-corrected chi connectivity index (χ0v) is 26.2. The fourth-order valence-electron chi connectivity index (χ4n) is 6.64. The molecule has 0 saturated heterocycles. The Morgan fingerprint density at radius 2 is 1.73 bits per heavy atom. The van der Waals surface area contributed by atoms with E-state index >= 15 is 4.39 Å². The monoisotopic (exact) mass is 605 g/mol. The van der Waals surface area contributed by atoms with E-state index in [4.69, 9.17) is 10.5 Å². The van der Waals surface area contributed by atoms with Crippen LogP contribution in [0.5, 0.6) is 0 Å². The number of hydrogen-bond acceptors (Lipinski definition) is 5. The molecular weight excluding hydrogens is 561 g/mol. The molecule has 2 aromatic carbocycles. The number of benzene rings is 2. The predicted molar refractivity (Wildman–Crippen MR) is 182 cm³/mol. The van der Waals surface area contributed by atoms with E-state index in [2.05, 4.69) is 11.6 Å². The second-order valence-corrected chi connectivity index (χ2v) is 12.8. The number of methoxy groups -OCH3 is 1. The average Bonchev–Trinajstić information content (AvgIpc) is 3.58. The number of aromatic nitrogens is 1. The lowest BCUT2D eigenvalue weighted by Crippen LogP contribution is -2.24. The normalized spacial score (nSPS) is 20.2. The summed E-state index contributed by atoms with van der Waals surface area (Å²) in [6.45, 7) is 3.79. The first-order valence-electron chi connectivity index (χ1n) is 16.3. The van der Waals surface area contributed by atoms with Crippen LogP contribution in [0.2, 0.25) is 0 Å². The van der Waals surface area contributed by atoms with Crippen LogP contribution < -0.4 is 10.6 Å². The summed E-state index contributed by atoms with van der Waals surface area (Å²) >= 11 is 0. The van der Waals surface area contributed by atoms with Gasteiger partial charge in [-0.1, -0.05) is 62.1 Å². The molecule has 7 rings (SSSR count). The third-order valence-corrected chi connectivity index (χ3v) is 9.67. The second kappa shape index (κ2) is 13.9. The van der Waals surface area contributed by atoms with Crippen molar-refractivity contribution in [2.45, 2.75) is 70.4 Å². The highest BCUT2D eigenvalue weighted by atomic mass is 19.1. The zero-order chi connectivity index (χ0) is 31.3. The van der Waals surface area contributed by atoms with E-state index < -0.39 is 12.0 Å². The molecule has 5 nitrogen and oxygen atoms in total. The highest BCUT2D eigenvalue weighted by Gasteiger charge is 2.30. The van der Waals surface area contributed by atoms with Gasteiger partial charge < -0.3 is 20.5 Å². The fourth-order valence-corrected chi connectivity index (χ4v) is 6.64. The molecule has 4 aliphatic rings. The van der Waals surface area contributed by atoms with Gasteiger partial charge in [0.1, 0.15) is 11.6 Å². The molecule has 2 bridgehead atoms. The van der Waals surface area contributed by atoms with E-state index in [1.165, 1.54) is 35.5 Å². The highest BCUT2D eigenvalue weighted by Crippen LogP contribution is 2.44. The van der Waals surface area contributed by atoms with Crippen molar-refractivity contribution in [2.75, 3.05) is 17.7 Å². The van der Waals surface area contributed by atoms with Gasteiger partial charge in [-0.2, -0.15) is 0 Å². The van der Waals surface area contributed by atoms with Gasteiger partial charge >= 0.3 is 0 Å². The summed E-state index contributed by atoms with van der Waals surface area (Å²) in [5, 5.41) is 11.4. The lowest BCUT2D eigenvalue weighted by molar-refractivity contribution is 0.178. The van der Waals surface area contributed by atoms with Crippen LogP contribution in [0.3, 0.4) is 0 Å². The molecule has 1 atom stereocenters. The van der Waals surface area contributed by atoms with Gasteiger partial charge in [0.2, 0.25) is 0 Å². The minimum atomic E-state index is -1.22. The quantitative estimate of drug-likeness (QED) is 0.144. The van der Waals surface area contributed by atoms with Crippen molar-refractivity contribution < 1.29 is 14.2 Å². The van der Waals surface area contributed by atoms with Crippen LogP contribution in [0.4, 0.5) is 15.8 Å². The topological polar surface area (TPSA) is 71.6 Å². The molecule has 3 aromatic rings. The maximum atomic E-state index is 15.4. The number of nitrogens with two attached hydrogens (primary N) is 1. The SMILES string of the molecule is C1CC2CCC1C2.C=Cc1cc(-c2ccc(C(O)N(C=C3CC3)c3cncc(/C=C/C(OC)=C4CCC4)c3)c(F)c2)ccc1N. The van der Waals surface area contributed by atoms with Crippen LogP contribution in [0, 0.1) is 17.7 Å². The number of ether oxygens (including phenoxy) is 1. The minimum Gasteiger partial charge on any atom is -0.497 e. The Bertz CT molecular complexity index is 1610. The Balaban J connectivity index is 0.000000444. The van der Waals surface area contributed by atoms with Crippen LogP contribution in [0.1, 0.15) is 87.1 Å². The summed E-state index contributed by atoms with van der Waals surface area (Å²) in [6.07, 6.45) is 22.8. The van der Waals surface area contributed by atoms with Gasteiger partial charge in [0.25, 0.3) is 0 Å². The van der Waals surface area contributed by atoms with Gasteiger partial charge in [-0.3, -0.25) is 4.98 Å². The number of anilines is 2. The van der Waals surface area contributed by atoms with E-state index in [1.807, 2.05) is 36.6 Å². The number of nitrogen functional groups attached to an aromatic ring is 1. The molecule has 6 heteroatoms. The summed E-state index contributed by atoms with van der Waals surface area (Å²) < 4.78 is 21.0. The molecule has 0 spiro atoms. The molecule has 4 fully saturated rings. The van der Waals surface area contributed by atoms with Crippen LogP contribution in [0.15, 0.2) is 90.6 Å². The van der Waals surface area contributed by atoms with Crippen molar-refractivity contribution in [3.05, 3.63) is 113 Å². The first-order valence-corrected chi connectivity index (χ1v) is 16.3. The standard InChI is InChI=1S/C32H32FN3O2.C7H12/c1-3-23-16-25(11-13-30(23)34)26-10-12-28(29(33)17-26)32(37)36(20-21-7-8-21)27-15-22(18-35-19-27)9-14-31(38-2)24-5-4-6-24;1-2-7-4-3-6(1)5-7/h3,9-20,32,37H,1,4-8,34H2,2H3;6-7H,1-5H2/b14-9+;. The van der Waals surface area contributed by atoms with Gasteiger partial charge in [0.15, 0.2) is 6.23 Å². The minimum absolute atomic E-state index is 0.183. The molecule has 0 amide bonds. The summed E-state index contributed by atoms with van der Waals surface area (Å²) in [6, 6.07) is 12.3. The van der Waals surface area contributed by atoms with Crippen LogP contribution in [0.25, 0.3) is 23.3 Å². The van der Waals surface area contributed by atoms with Crippen molar-refractivity contribution in [3.8, 4) is 11.1 Å². The highest BCUT2D eigenvalue weighted by molar-refractivity contribution is 5.73. The molecule has 4 saturated carbocycles. The number of fused-ring (bicyclic) bond motifs is 2. The first-order chi connectivity index (χ1) is 21.9. The second-order valence-electron chi connectivity index (χ2n) is 12.8. The molecule has 1 heterocycles. The molecule has 234 valence electrons. The number of aliphatic hydroxyl groups excluding tert-OH is 1. The lowest BCUT2D eigenvalue weighted by atomic mass is 9.91. The third-order valence-electron chi connectivity index (χ3n) is 9.67. The van der Waals surface area contributed by atoms with E-state index in [9.17, 15) is 5.11 Å². The average molecular weight is 606 g/mol. The summed E-state index contributed by atoms with van der Waals surface area (Å²) in [5.74, 6) is 2.74. The summed E-state index contributed by atoms with van der Waals surface area (Å²) in [5.41, 5.74) is 13.1. The Morgan fingerprint density at radius 3 is 2.31 bits per heavy atom. The van der Waals surface area contributed by atoms with E-state index in [1.54, 1.807) is 80.8 Å². The van der Waals surface area contributed by atoms with Crippen molar-refractivity contribution in [1.29, 1.82) is 0 Å². The Labute approximate surface area is 266 Å². The maximum absolute atomic E-state index is 15.4. The molecule has 1 unspecified atom stereocenters. The fraction of sp³-hybridized carbons (Fsp3) is 0.359. The molecule has 1 aromatic heterocycles. The Morgan fingerprint density at radius 1 is 1.02 bits per heavy atom. The first kappa shape index (κ1) is 30.8. The van der Waals surface area contributed by atoms with Gasteiger partial charge in [0, 0.05) is 23.6 Å². The predicted octanol–water partition coefficient (Wildman–Crippen LogP) is 9.58. The van der Waals surface area contributed by atoms with E-state index in [0.29, 0.717) is 16.9 Å². The number of aliphatic hydroxyl groups is 1. The third kappa shape index (κ3) is 7.39. The number of nitrogens with zero attached hydrogens (tertiary/aromatic N) is 2. The van der Waals surface area contributed by atoms with Crippen molar-refractivity contribution >= 4 is 23.5 Å². The number of halogens is 1. The summed E-state index contributed by atoms with van der Waals surface area (Å²) in [7, 11) is 1.69. The Kier molecular flexibility index (Phi) is 9.50. The van der Waals surface area contributed by atoms with Crippen LogP contribution in [-0.2, 0) is 4.74 Å². The number of pyridine rings is 1. The Hall–Kier alpha value is -4.16. The van der Waals surface area contributed by atoms with Crippen molar-refractivity contribution in [3.63, 3.8) is 0 Å². The van der Waals surface area contributed by atoms with Gasteiger partial charge in [0.05, 0.1) is 19.0 Å². The molecule has 4 aliphatic carbocycles. The largest absolute Gasteiger partial charge is 0.497 e. The van der Waals surface area contributed by atoms with Crippen LogP contribution >= 0.6 is 0 Å². The molecule has 45 heavy (non-hydrogen) atoms. The smallest absolute Gasteiger partial charge is 0.159 e. The van der Waals surface area contributed by atoms with Crippen molar-refractivity contribution in [2.24, 2.45) is 11.8 Å². The molecule has 0 aliphatic heterocycles. The molecule has 3 N–H and O–H groups in total. The zero-order valence-electron chi connectivity index (χ0n) is 26.2. The lowest BCUT2D eigenvalue weighted by Gasteiger charge is -2.27. The summed E-state index contributed by atoms with van der Waals surface area (Å²) in [4.78, 5) is 6.08. The van der Waals surface area contributed by atoms with Crippen molar-refractivity contribution in [1.82, 2.24) is 4.98 Å².